The molecule has 0 amide bonds. The van der Waals surface area contributed by atoms with E-state index in [1.165, 1.54) is 25.6 Å². The smallest absolute Gasteiger partial charge is 0.318 e. The highest BCUT2D eigenvalue weighted by Crippen LogP contribution is 2.32. The highest BCUT2D eigenvalue weighted by atomic mass is 32.2. The van der Waals surface area contributed by atoms with Crippen LogP contribution in [0.1, 0.15) is 79.2 Å². The second-order valence-electron chi connectivity index (χ2n) is 8.33. The lowest BCUT2D eigenvalue weighted by atomic mass is 10.0. The zero-order chi connectivity index (χ0) is 26.1. The van der Waals surface area contributed by atoms with Crippen molar-refractivity contribution in [3.63, 3.8) is 0 Å². The van der Waals surface area contributed by atoms with Crippen LogP contribution in [0.15, 0.2) is 62.6 Å². The molecule has 0 fully saturated rings. The van der Waals surface area contributed by atoms with E-state index < -0.39 is 11.9 Å². The number of unbranched alkanes of at least 4 members (excludes halogenated alkanes) is 3. The number of carbonyl (C=O) groups excluding carboxylic acids is 4. The lowest BCUT2D eigenvalue weighted by Gasteiger charge is -2.07. The van der Waals surface area contributed by atoms with E-state index in [9.17, 15) is 19.2 Å². The van der Waals surface area contributed by atoms with E-state index in [0.29, 0.717) is 24.0 Å². The average molecular weight is 509 g/mol. The van der Waals surface area contributed by atoms with Crippen molar-refractivity contribution in [3.8, 4) is 0 Å². The van der Waals surface area contributed by atoms with Crippen molar-refractivity contribution in [2.24, 2.45) is 10.3 Å². The SMILES string of the molecule is CCCCCC/C(=N\OC(C)=O)C(=O)c1ccc(Sc2ccc3c(c2)CC(=NOC(C)=O)C3=O)cc1. The van der Waals surface area contributed by atoms with Gasteiger partial charge in [-0.1, -0.05) is 48.3 Å². The summed E-state index contributed by atoms with van der Waals surface area (Å²) < 4.78 is 0. The maximum atomic E-state index is 13.0. The van der Waals surface area contributed by atoms with Crippen LogP contribution in [0.25, 0.3) is 0 Å². The Morgan fingerprint density at radius 3 is 2.28 bits per heavy atom. The standard InChI is InChI=1S/C27H28N2O6S/c1-4-5-6-7-8-24(28-34-17(2)30)26(32)19-9-11-21(12-10-19)36-22-13-14-23-20(15-22)16-25(27(23)33)29-35-18(3)31/h9-15H,4-8,16H2,1-3H3/b28-24+,29-25?. The minimum Gasteiger partial charge on any atom is -0.318 e. The quantitative estimate of drug-likeness (QED) is 0.128. The van der Waals surface area contributed by atoms with Crippen LogP contribution in [0.5, 0.6) is 0 Å². The zero-order valence-electron chi connectivity index (χ0n) is 20.5. The summed E-state index contributed by atoms with van der Waals surface area (Å²) in [5.74, 6) is -1.65. The molecule has 0 bridgehead atoms. The van der Waals surface area contributed by atoms with Crippen LogP contribution >= 0.6 is 11.8 Å². The molecular weight excluding hydrogens is 480 g/mol. The van der Waals surface area contributed by atoms with E-state index >= 15 is 0 Å². The van der Waals surface area contributed by atoms with Gasteiger partial charge in [0.05, 0.1) is 0 Å². The molecule has 0 heterocycles. The lowest BCUT2D eigenvalue weighted by Crippen LogP contribution is -2.16. The molecule has 188 valence electrons. The molecule has 3 rings (SSSR count). The maximum absolute atomic E-state index is 13.0. The van der Waals surface area contributed by atoms with E-state index in [1.807, 2.05) is 24.3 Å². The molecule has 2 aromatic carbocycles. The van der Waals surface area contributed by atoms with Gasteiger partial charge in [0.2, 0.25) is 11.6 Å². The van der Waals surface area contributed by atoms with Crippen molar-refractivity contribution in [3.05, 3.63) is 59.2 Å². The van der Waals surface area contributed by atoms with Crippen LogP contribution in [-0.4, -0.2) is 34.9 Å². The van der Waals surface area contributed by atoms with Gasteiger partial charge in [0.1, 0.15) is 11.4 Å². The fourth-order valence-corrected chi connectivity index (χ4v) is 4.51. The number of carbonyl (C=O) groups is 4. The summed E-state index contributed by atoms with van der Waals surface area (Å²) in [6, 6.07) is 12.6. The van der Waals surface area contributed by atoms with E-state index in [2.05, 4.69) is 22.1 Å². The third-order valence-corrected chi connectivity index (χ3v) is 6.39. The normalized spacial score (nSPS) is 14.0. The second kappa shape index (κ2) is 12.9. The average Bonchev–Trinajstić information content (AvgIpc) is 3.17. The summed E-state index contributed by atoms with van der Waals surface area (Å²) in [6.45, 7) is 4.58. The summed E-state index contributed by atoms with van der Waals surface area (Å²) in [6.07, 6.45) is 4.65. The molecule has 0 N–H and O–H groups in total. The van der Waals surface area contributed by atoms with Crippen molar-refractivity contribution >= 4 is 46.7 Å². The Hall–Kier alpha value is -3.59. The highest BCUT2D eigenvalue weighted by molar-refractivity contribution is 7.99. The molecule has 2 aromatic rings. The molecular formula is C27H28N2O6S. The van der Waals surface area contributed by atoms with Gasteiger partial charge < -0.3 is 9.68 Å². The fraction of sp³-hybridized carbons (Fsp3) is 0.333. The third kappa shape index (κ3) is 7.45. The first-order valence-corrected chi connectivity index (χ1v) is 12.6. The first kappa shape index (κ1) is 27.0. The van der Waals surface area contributed by atoms with Crippen molar-refractivity contribution in [2.45, 2.75) is 69.1 Å². The summed E-state index contributed by atoms with van der Waals surface area (Å²) in [5, 5.41) is 7.47. The fourth-order valence-electron chi connectivity index (χ4n) is 3.63. The largest absolute Gasteiger partial charge is 0.331 e. The maximum Gasteiger partial charge on any atom is 0.331 e. The first-order valence-electron chi connectivity index (χ1n) is 11.8. The molecule has 9 heteroatoms. The molecule has 1 aliphatic rings. The van der Waals surface area contributed by atoms with Crippen LogP contribution in [0.3, 0.4) is 0 Å². The predicted molar refractivity (Wildman–Crippen MR) is 137 cm³/mol. The summed E-state index contributed by atoms with van der Waals surface area (Å²) in [5.41, 5.74) is 2.26. The number of Topliss-reactive ketones (excluding diaryl/α,β-unsaturated/α-hetero) is 2. The van der Waals surface area contributed by atoms with Gasteiger partial charge in [-0.3, -0.25) is 9.59 Å². The predicted octanol–water partition coefficient (Wildman–Crippen LogP) is 5.57. The van der Waals surface area contributed by atoms with Gasteiger partial charge in [0.25, 0.3) is 0 Å². The van der Waals surface area contributed by atoms with Crippen molar-refractivity contribution < 1.29 is 28.9 Å². The first-order chi connectivity index (χ1) is 17.3. The van der Waals surface area contributed by atoms with Gasteiger partial charge in [-0.2, -0.15) is 0 Å². The Morgan fingerprint density at radius 1 is 0.917 bits per heavy atom. The number of ketones is 2. The van der Waals surface area contributed by atoms with Gasteiger partial charge in [0.15, 0.2) is 0 Å². The minimum atomic E-state index is -0.578. The molecule has 8 nitrogen and oxygen atoms in total. The topological polar surface area (TPSA) is 111 Å². The van der Waals surface area contributed by atoms with E-state index in [-0.39, 0.29) is 23.0 Å². The van der Waals surface area contributed by atoms with Crippen molar-refractivity contribution in [1.29, 1.82) is 0 Å². The molecule has 0 atom stereocenters. The number of hydrogen-bond donors (Lipinski definition) is 0. The molecule has 0 radical (unpaired) electrons. The Bertz CT molecular complexity index is 1220. The molecule has 0 spiro atoms. The monoisotopic (exact) mass is 508 g/mol. The minimum absolute atomic E-state index is 0.200. The molecule has 0 aliphatic heterocycles. The Balaban J connectivity index is 1.69. The number of benzene rings is 2. The van der Waals surface area contributed by atoms with Crippen LogP contribution < -0.4 is 0 Å². The van der Waals surface area contributed by atoms with E-state index in [4.69, 9.17) is 4.84 Å². The number of fused-ring (bicyclic) bond motifs is 1. The molecule has 0 saturated carbocycles. The van der Waals surface area contributed by atoms with Gasteiger partial charge in [0, 0.05) is 41.2 Å². The van der Waals surface area contributed by atoms with Crippen molar-refractivity contribution in [2.75, 3.05) is 0 Å². The van der Waals surface area contributed by atoms with E-state index in [1.54, 1.807) is 18.2 Å². The molecule has 0 unspecified atom stereocenters. The molecule has 36 heavy (non-hydrogen) atoms. The second-order valence-corrected chi connectivity index (χ2v) is 9.48. The number of oxime groups is 2. The summed E-state index contributed by atoms with van der Waals surface area (Å²) in [7, 11) is 0. The third-order valence-electron chi connectivity index (χ3n) is 5.39. The lowest BCUT2D eigenvalue weighted by molar-refractivity contribution is -0.141. The Labute approximate surface area is 214 Å². The highest BCUT2D eigenvalue weighted by Gasteiger charge is 2.27. The molecule has 0 aromatic heterocycles. The van der Waals surface area contributed by atoms with Gasteiger partial charge in [-0.15, -0.1) is 0 Å². The number of rotatable bonds is 11. The van der Waals surface area contributed by atoms with Crippen LogP contribution in [0.2, 0.25) is 0 Å². The van der Waals surface area contributed by atoms with Gasteiger partial charge >= 0.3 is 11.9 Å². The van der Waals surface area contributed by atoms with Crippen LogP contribution in [0.4, 0.5) is 0 Å². The molecule has 1 aliphatic carbocycles. The molecule has 0 saturated heterocycles. The summed E-state index contributed by atoms with van der Waals surface area (Å²) >= 11 is 1.49. The zero-order valence-corrected chi connectivity index (χ0v) is 21.4. The van der Waals surface area contributed by atoms with Crippen molar-refractivity contribution in [1.82, 2.24) is 0 Å². The van der Waals surface area contributed by atoms with Crippen LogP contribution in [-0.2, 0) is 25.7 Å². The number of hydrogen-bond acceptors (Lipinski definition) is 9. The van der Waals surface area contributed by atoms with Crippen LogP contribution in [0, 0.1) is 0 Å². The van der Waals surface area contributed by atoms with Gasteiger partial charge in [-0.25, -0.2) is 9.59 Å². The Kier molecular flexibility index (Phi) is 9.69. The van der Waals surface area contributed by atoms with E-state index in [0.717, 1.165) is 41.0 Å². The summed E-state index contributed by atoms with van der Waals surface area (Å²) in [4.78, 5) is 58.8. The number of nitrogens with zero attached hydrogens (tertiary/aromatic N) is 2. The van der Waals surface area contributed by atoms with Gasteiger partial charge in [-0.05, 0) is 60.9 Å². The Morgan fingerprint density at radius 2 is 1.61 bits per heavy atom.